The van der Waals surface area contributed by atoms with Crippen LogP contribution in [0.15, 0.2) is 0 Å². The number of hydrogen-bond donors (Lipinski definition) is 1. The molecule has 1 aliphatic heterocycles. The normalized spacial score (nSPS) is 21.2. The van der Waals surface area contributed by atoms with Crippen LogP contribution in [0, 0.1) is 5.92 Å². The van der Waals surface area contributed by atoms with Crippen molar-refractivity contribution in [2.45, 2.75) is 19.3 Å². The van der Waals surface area contributed by atoms with Crippen molar-refractivity contribution in [2.75, 3.05) is 19.0 Å². The lowest BCUT2D eigenvalue weighted by Gasteiger charge is -2.14. The Morgan fingerprint density at radius 1 is 1.50 bits per heavy atom. The maximum Gasteiger partial charge on any atom is 0.308 e. The second-order valence-corrected chi connectivity index (χ2v) is 3.83. The molecule has 14 heavy (non-hydrogen) atoms. The Hall–Kier alpha value is -0.770. The Morgan fingerprint density at radius 2 is 2.21 bits per heavy atom. The molecule has 0 aromatic carbocycles. The monoisotopic (exact) mass is 219 g/mol. The lowest BCUT2D eigenvalue weighted by atomic mass is 10.1. The molecule has 1 N–H and O–H groups in total. The van der Waals surface area contributed by atoms with Crippen molar-refractivity contribution in [1.29, 1.82) is 0 Å². The Balaban J connectivity index is 2.34. The van der Waals surface area contributed by atoms with Crippen molar-refractivity contribution < 1.29 is 14.7 Å². The van der Waals surface area contributed by atoms with Crippen molar-refractivity contribution in [2.24, 2.45) is 5.92 Å². The SMILES string of the molecule is O=C(O)C1CCN(C(=O)CCCCl)C1. The van der Waals surface area contributed by atoms with Gasteiger partial charge in [-0.05, 0) is 12.8 Å². The third-order valence-corrected chi connectivity index (χ3v) is 2.68. The minimum Gasteiger partial charge on any atom is -0.481 e. The van der Waals surface area contributed by atoms with Crippen LogP contribution >= 0.6 is 11.6 Å². The summed E-state index contributed by atoms with van der Waals surface area (Å²) in [6.07, 6.45) is 1.66. The van der Waals surface area contributed by atoms with E-state index in [9.17, 15) is 9.59 Å². The number of hydrogen-bond acceptors (Lipinski definition) is 2. The summed E-state index contributed by atoms with van der Waals surface area (Å²) in [4.78, 5) is 23.7. The van der Waals surface area contributed by atoms with Crippen LogP contribution in [0.4, 0.5) is 0 Å². The van der Waals surface area contributed by atoms with E-state index >= 15 is 0 Å². The molecule has 1 saturated heterocycles. The molecule has 1 fully saturated rings. The van der Waals surface area contributed by atoms with Crippen molar-refractivity contribution >= 4 is 23.5 Å². The minimum atomic E-state index is -0.808. The van der Waals surface area contributed by atoms with Crippen LogP contribution in [-0.4, -0.2) is 40.9 Å². The molecular formula is C9H14ClNO3. The van der Waals surface area contributed by atoms with Crippen LogP contribution in [0.3, 0.4) is 0 Å². The first-order valence-corrected chi connectivity index (χ1v) is 5.25. The number of carboxylic acids is 1. The lowest BCUT2D eigenvalue weighted by molar-refractivity contribution is -0.141. The number of halogens is 1. The molecular weight excluding hydrogens is 206 g/mol. The van der Waals surface area contributed by atoms with Gasteiger partial charge in [0.15, 0.2) is 0 Å². The smallest absolute Gasteiger partial charge is 0.308 e. The van der Waals surface area contributed by atoms with Gasteiger partial charge in [-0.1, -0.05) is 0 Å². The Labute approximate surface area is 87.8 Å². The number of alkyl halides is 1. The van der Waals surface area contributed by atoms with Crippen LogP contribution in [-0.2, 0) is 9.59 Å². The maximum absolute atomic E-state index is 11.4. The second kappa shape index (κ2) is 5.20. The number of carbonyl (C=O) groups is 2. The molecule has 0 saturated carbocycles. The number of aliphatic carboxylic acids is 1. The first kappa shape index (κ1) is 11.3. The van der Waals surface area contributed by atoms with E-state index < -0.39 is 5.97 Å². The highest BCUT2D eigenvalue weighted by Gasteiger charge is 2.30. The molecule has 0 radical (unpaired) electrons. The maximum atomic E-state index is 11.4. The Kier molecular flexibility index (Phi) is 4.20. The van der Waals surface area contributed by atoms with E-state index in [4.69, 9.17) is 16.7 Å². The van der Waals surface area contributed by atoms with Crippen LogP contribution in [0.2, 0.25) is 0 Å². The first-order valence-electron chi connectivity index (χ1n) is 4.71. The zero-order chi connectivity index (χ0) is 10.6. The predicted molar refractivity (Wildman–Crippen MR) is 52.3 cm³/mol. The molecule has 0 aliphatic carbocycles. The molecule has 0 bridgehead atoms. The highest BCUT2D eigenvalue weighted by molar-refractivity contribution is 6.17. The molecule has 1 amide bonds. The predicted octanol–water partition coefficient (Wildman–Crippen LogP) is 0.938. The van der Waals surface area contributed by atoms with Crippen molar-refractivity contribution in [3.05, 3.63) is 0 Å². The van der Waals surface area contributed by atoms with Gasteiger partial charge < -0.3 is 10.0 Å². The summed E-state index contributed by atoms with van der Waals surface area (Å²) in [6.45, 7) is 0.925. The summed E-state index contributed by atoms with van der Waals surface area (Å²) in [5.74, 6) is -0.691. The number of likely N-dealkylation sites (tertiary alicyclic amines) is 1. The molecule has 4 nitrogen and oxygen atoms in total. The molecule has 80 valence electrons. The number of amides is 1. The van der Waals surface area contributed by atoms with E-state index in [1.165, 1.54) is 0 Å². The second-order valence-electron chi connectivity index (χ2n) is 3.46. The first-order chi connectivity index (χ1) is 6.65. The quantitative estimate of drug-likeness (QED) is 0.716. The third-order valence-electron chi connectivity index (χ3n) is 2.41. The zero-order valence-electron chi connectivity index (χ0n) is 7.91. The molecule has 0 aromatic heterocycles. The van der Waals surface area contributed by atoms with E-state index in [1.54, 1.807) is 4.90 Å². The fraction of sp³-hybridized carbons (Fsp3) is 0.778. The number of carbonyl (C=O) groups excluding carboxylic acids is 1. The van der Waals surface area contributed by atoms with Crippen LogP contribution in [0.5, 0.6) is 0 Å². The van der Waals surface area contributed by atoms with Crippen molar-refractivity contribution in [3.63, 3.8) is 0 Å². The van der Waals surface area contributed by atoms with Gasteiger partial charge in [0, 0.05) is 25.4 Å². The van der Waals surface area contributed by atoms with E-state index in [0.717, 1.165) is 0 Å². The van der Waals surface area contributed by atoms with E-state index in [0.29, 0.717) is 38.2 Å². The van der Waals surface area contributed by atoms with Crippen molar-refractivity contribution in [1.82, 2.24) is 4.90 Å². The molecule has 1 atom stereocenters. The lowest BCUT2D eigenvalue weighted by Crippen LogP contribution is -2.29. The summed E-state index contributed by atoms with van der Waals surface area (Å²) in [7, 11) is 0. The molecule has 1 heterocycles. The number of rotatable bonds is 4. The van der Waals surface area contributed by atoms with Crippen molar-refractivity contribution in [3.8, 4) is 0 Å². The topological polar surface area (TPSA) is 57.6 Å². The van der Waals surface area contributed by atoms with Gasteiger partial charge in [-0.2, -0.15) is 0 Å². The van der Waals surface area contributed by atoms with Gasteiger partial charge in [0.25, 0.3) is 0 Å². The number of carboxylic acid groups (broad SMARTS) is 1. The highest BCUT2D eigenvalue weighted by Crippen LogP contribution is 2.17. The minimum absolute atomic E-state index is 0.0226. The van der Waals surface area contributed by atoms with Gasteiger partial charge in [-0.25, -0.2) is 0 Å². The highest BCUT2D eigenvalue weighted by atomic mass is 35.5. The fourth-order valence-electron chi connectivity index (χ4n) is 1.56. The Morgan fingerprint density at radius 3 is 2.71 bits per heavy atom. The van der Waals surface area contributed by atoms with Crippen LogP contribution < -0.4 is 0 Å². The van der Waals surface area contributed by atoms with Gasteiger partial charge >= 0.3 is 5.97 Å². The van der Waals surface area contributed by atoms with E-state index in [-0.39, 0.29) is 11.8 Å². The van der Waals surface area contributed by atoms with Gasteiger partial charge in [0.2, 0.25) is 5.91 Å². The third kappa shape index (κ3) is 2.87. The molecule has 1 unspecified atom stereocenters. The molecule has 1 aliphatic rings. The van der Waals surface area contributed by atoms with Gasteiger partial charge in [0.05, 0.1) is 5.92 Å². The standard InChI is InChI=1S/C9H14ClNO3/c10-4-1-2-8(12)11-5-3-7(6-11)9(13)14/h7H,1-6H2,(H,13,14). The summed E-state index contributed by atoms with van der Waals surface area (Å²) >= 11 is 5.47. The Bertz CT molecular complexity index is 232. The van der Waals surface area contributed by atoms with Gasteiger partial charge in [-0.3, -0.25) is 9.59 Å². The van der Waals surface area contributed by atoms with Gasteiger partial charge in [0.1, 0.15) is 0 Å². The average molecular weight is 220 g/mol. The van der Waals surface area contributed by atoms with E-state index in [2.05, 4.69) is 0 Å². The van der Waals surface area contributed by atoms with Crippen LogP contribution in [0.25, 0.3) is 0 Å². The van der Waals surface area contributed by atoms with E-state index in [1.807, 2.05) is 0 Å². The fourth-order valence-corrected chi connectivity index (χ4v) is 1.70. The summed E-state index contributed by atoms with van der Waals surface area (Å²) in [5.41, 5.74) is 0. The van der Waals surface area contributed by atoms with Gasteiger partial charge in [-0.15, -0.1) is 11.6 Å². The molecule has 1 rings (SSSR count). The number of nitrogens with zero attached hydrogens (tertiary/aromatic N) is 1. The molecule has 0 aromatic rings. The molecule has 0 spiro atoms. The summed E-state index contributed by atoms with van der Waals surface area (Å²) < 4.78 is 0. The van der Waals surface area contributed by atoms with Crippen LogP contribution in [0.1, 0.15) is 19.3 Å². The zero-order valence-corrected chi connectivity index (χ0v) is 8.66. The largest absolute Gasteiger partial charge is 0.481 e. The molecule has 5 heteroatoms. The average Bonchev–Trinajstić information content (AvgIpc) is 2.62. The summed E-state index contributed by atoms with van der Waals surface area (Å²) in [6, 6.07) is 0. The summed E-state index contributed by atoms with van der Waals surface area (Å²) in [5, 5.41) is 8.73.